The predicted molar refractivity (Wildman–Crippen MR) is 131 cm³/mol. The maximum atomic E-state index is 13.2. The van der Waals surface area contributed by atoms with E-state index in [1.807, 2.05) is 13.8 Å². The summed E-state index contributed by atoms with van der Waals surface area (Å²) >= 11 is 12.6. The van der Waals surface area contributed by atoms with Crippen LogP contribution in [-0.2, 0) is 9.59 Å². The molecule has 1 atom stereocenters. The quantitative estimate of drug-likeness (QED) is 0.339. The van der Waals surface area contributed by atoms with Crippen molar-refractivity contribution >= 4 is 40.7 Å². The summed E-state index contributed by atoms with van der Waals surface area (Å²) < 4.78 is 11.2. The van der Waals surface area contributed by atoms with Crippen LogP contribution in [0, 0.1) is 0 Å². The molecule has 2 aliphatic heterocycles. The van der Waals surface area contributed by atoms with Gasteiger partial charge in [-0.2, -0.15) is 0 Å². The Morgan fingerprint density at radius 3 is 2.44 bits per heavy atom. The number of amides is 1. The van der Waals surface area contributed by atoms with E-state index in [9.17, 15) is 14.7 Å². The number of nitrogens with zero attached hydrogens (tertiary/aromatic N) is 2. The fourth-order valence-corrected chi connectivity index (χ4v) is 4.80. The smallest absolute Gasteiger partial charge is 0.295 e. The molecule has 2 aromatic rings. The van der Waals surface area contributed by atoms with Gasteiger partial charge < -0.3 is 24.4 Å². The normalized spacial score (nSPS) is 19.2. The Hall–Kier alpha value is -2.74. The SMILES string of the molecule is CCN(CC)CCN1C(=O)C(=O)/C(=C(\O)c2ccc3c(c2)OCCO3)C1c1ccc(Cl)cc1Cl. The molecule has 34 heavy (non-hydrogen) atoms. The average Bonchev–Trinajstić information content (AvgIpc) is 3.08. The number of carbonyl (C=O) groups excluding carboxylic acids is 2. The van der Waals surface area contributed by atoms with E-state index in [2.05, 4.69) is 4.90 Å². The van der Waals surface area contributed by atoms with Gasteiger partial charge >= 0.3 is 0 Å². The Labute approximate surface area is 208 Å². The van der Waals surface area contributed by atoms with Crippen LogP contribution in [0.1, 0.15) is 31.0 Å². The van der Waals surface area contributed by atoms with Crippen molar-refractivity contribution in [2.24, 2.45) is 0 Å². The molecule has 1 amide bonds. The minimum atomic E-state index is -0.853. The van der Waals surface area contributed by atoms with Crippen molar-refractivity contribution < 1.29 is 24.2 Å². The van der Waals surface area contributed by atoms with Crippen LogP contribution in [0.3, 0.4) is 0 Å². The average molecular weight is 505 g/mol. The van der Waals surface area contributed by atoms with Crippen molar-refractivity contribution in [3.63, 3.8) is 0 Å². The molecule has 0 spiro atoms. The van der Waals surface area contributed by atoms with Gasteiger partial charge in [0, 0.05) is 28.7 Å². The van der Waals surface area contributed by atoms with Gasteiger partial charge in [0.2, 0.25) is 0 Å². The second-order valence-corrected chi connectivity index (χ2v) is 8.89. The summed E-state index contributed by atoms with van der Waals surface area (Å²) in [6, 6.07) is 8.95. The Kier molecular flexibility index (Phi) is 7.36. The molecule has 7 nitrogen and oxygen atoms in total. The Morgan fingerprint density at radius 1 is 1.06 bits per heavy atom. The van der Waals surface area contributed by atoms with E-state index < -0.39 is 17.7 Å². The molecule has 0 bridgehead atoms. The number of likely N-dealkylation sites (N-methyl/N-ethyl adjacent to an activating group) is 1. The molecule has 0 aromatic heterocycles. The van der Waals surface area contributed by atoms with Crippen LogP contribution < -0.4 is 9.47 Å². The van der Waals surface area contributed by atoms with Crippen LogP contribution in [0.2, 0.25) is 10.0 Å². The second kappa shape index (κ2) is 10.3. The molecule has 0 aliphatic carbocycles. The number of carbonyl (C=O) groups is 2. The molecule has 2 heterocycles. The third-order valence-electron chi connectivity index (χ3n) is 6.16. The van der Waals surface area contributed by atoms with Crippen LogP contribution in [0.5, 0.6) is 11.5 Å². The van der Waals surface area contributed by atoms with Crippen molar-refractivity contribution in [3.05, 3.63) is 63.1 Å². The molecule has 2 aromatic carbocycles. The minimum Gasteiger partial charge on any atom is -0.507 e. The second-order valence-electron chi connectivity index (χ2n) is 8.04. The van der Waals surface area contributed by atoms with Crippen molar-refractivity contribution in [1.82, 2.24) is 9.80 Å². The number of hydrogen-bond donors (Lipinski definition) is 1. The van der Waals surface area contributed by atoms with Crippen LogP contribution in [0.25, 0.3) is 5.76 Å². The van der Waals surface area contributed by atoms with Crippen LogP contribution >= 0.6 is 23.2 Å². The van der Waals surface area contributed by atoms with Crippen LogP contribution in [0.4, 0.5) is 0 Å². The van der Waals surface area contributed by atoms with E-state index in [1.54, 1.807) is 36.4 Å². The zero-order chi connectivity index (χ0) is 24.4. The maximum Gasteiger partial charge on any atom is 0.295 e. The highest BCUT2D eigenvalue weighted by molar-refractivity contribution is 6.47. The Bertz CT molecular complexity index is 1150. The number of ketones is 1. The van der Waals surface area contributed by atoms with Crippen molar-refractivity contribution in [3.8, 4) is 11.5 Å². The van der Waals surface area contributed by atoms with Gasteiger partial charge in [0.25, 0.3) is 11.7 Å². The molecular formula is C25H26Cl2N2O5. The Morgan fingerprint density at radius 2 is 1.76 bits per heavy atom. The van der Waals surface area contributed by atoms with E-state index in [0.717, 1.165) is 13.1 Å². The van der Waals surface area contributed by atoms with E-state index in [1.165, 1.54) is 4.90 Å². The summed E-state index contributed by atoms with van der Waals surface area (Å²) in [6.07, 6.45) is 0. The summed E-state index contributed by atoms with van der Waals surface area (Å²) in [7, 11) is 0. The molecule has 1 fully saturated rings. The maximum absolute atomic E-state index is 13.2. The first kappa shape index (κ1) is 24.4. The van der Waals surface area contributed by atoms with Gasteiger partial charge in [0.05, 0.1) is 11.6 Å². The summed E-state index contributed by atoms with van der Waals surface area (Å²) in [6.45, 7) is 7.38. The van der Waals surface area contributed by atoms with Gasteiger partial charge in [-0.1, -0.05) is 43.1 Å². The molecular weight excluding hydrogens is 479 g/mol. The fraction of sp³-hybridized carbons (Fsp3) is 0.360. The highest BCUT2D eigenvalue weighted by atomic mass is 35.5. The van der Waals surface area contributed by atoms with Gasteiger partial charge in [-0.3, -0.25) is 9.59 Å². The van der Waals surface area contributed by atoms with E-state index in [0.29, 0.717) is 59.0 Å². The number of ether oxygens (including phenoxy) is 2. The summed E-state index contributed by atoms with van der Waals surface area (Å²) in [5.74, 6) is -0.714. The number of halogens is 2. The van der Waals surface area contributed by atoms with Crippen molar-refractivity contribution in [2.45, 2.75) is 19.9 Å². The zero-order valence-corrected chi connectivity index (χ0v) is 20.5. The molecule has 180 valence electrons. The van der Waals surface area contributed by atoms with E-state index in [-0.39, 0.29) is 11.3 Å². The third kappa shape index (κ3) is 4.60. The lowest BCUT2D eigenvalue weighted by atomic mass is 9.95. The molecule has 9 heteroatoms. The standard InChI is InChI=1S/C25H26Cl2N2O5/c1-3-28(4-2)9-10-29-22(17-7-6-16(26)14-18(17)27)21(24(31)25(29)32)23(30)15-5-8-19-20(13-15)34-12-11-33-19/h5-8,13-14,22,30H,3-4,9-12H2,1-2H3/b23-21-. The molecule has 0 radical (unpaired) electrons. The van der Waals surface area contributed by atoms with Gasteiger partial charge in [0.1, 0.15) is 19.0 Å². The summed E-state index contributed by atoms with van der Waals surface area (Å²) in [4.78, 5) is 30.0. The number of rotatable bonds is 7. The zero-order valence-electron chi connectivity index (χ0n) is 19.0. The molecule has 1 unspecified atom stereocenters. The molecule has 1 saturated heterocycles. The number of aliphatic hydroxyl groups excluding tert-OH is 1. The van der Waals surface area contributed by atoms with Crippen molar-refractivity contribution in [2.75, 3.05) is 39.4 Å². The van der Waals surface area contributed by atoms with E-state index in [4.69, 9.17) is 32.7 Å². The van der Waals surface area contributed by atoms with Crippen LogP contribution in [-0.4, -0.2) is 66.0 Å². The lowest BCUT2D eigenvalue weighted by Crippen LogP contribution is -2.38. The first-order valence-corrected chi connectivity index (χ1v) is 12.0. The molecule has 1 N–H and O–H groups in total. The number of fused-ring (bicyclic) bond motifs is 1. The summed E-state index contributed by atoms with van der Waals surface area (Å²) in [5.41, 5.74) is 0.843. The highest BCUT2D eigenvalue weighted by Gasteiger charge is 2.46. The Balaban J connectivity index is 1.82. The first-order valence-electron chi connectivity index (χ1n) is 11.2. The topological polar surface area (TPSA) is 79.3 Å². The van der Waals surface area contributed by atoms with Gasteiger partial charge in [-0.15, -0.1) is 0 Å². The highest BCUT2D eigenvalue weighted by Crippen LogP contribution is 2.43. The van der Waals surface area contributed by atoms with Gasteiger partial charge in [-0.25, -0.2) is 0 Å². The lowest BCUT2D eigenvalue weighted by molar-refractivity contribution is -0.140. The molecule has 0 saturated carbocycles. The number of Topliss-reactive ketones (excluding diaryl/α,β-unsaturated/α-hetero) is 1. The van der Waals surface area contributed by atoms with E-state index >= 15 is 0 Å². The van der Waals surface area contributed by atoms with Crippen LogP contribution in [0.15, 0.2) is 42.0 Å². The molecule has 2 aliphatic rings. The number of aliphatic hydroxyl groups is 1. The van der Waals surface area contributed by atoms with Gasteiger partial charge in [0.15, 0.2) is 11.5 Å². The monoisotopic (exact) mass is 504 g/mol. The largest absolute Gasteiger partial charge is 0.507 e. The number of benzene rings is 2. The predicted octanol–water partition coefficient (Wildman–Crippen LogP) is 4.53. The number of likely N-dealkylation sites (tertiary alicyclic amines) is 1. The van der Waals surface area contributed by atoms with Crippen molar-refractivity contribution in [1.29, 1.82) is 0 Å². The van der Waals surface area contributed by atoms with Gasteiger partial charge in [-0.05, 0) is 49.0 Å². The fourth-order valence-electron chi connectivity index (χ4n) is 4.29. The number of hydrogen-bond acceptors (Lipinski definition) is 6. The first-order chi connectivity index (χ1) is 16.3. The minimum absolute atomic E-state index is 0.0227. The third-order valence-corrected chi connectivity index (χ3v) is 6.73. The lowest BCUT2D eigenvalue weighted by Gasteiger charge is -2.28. The molecule has 4 rings (SSSR count). The summed E-state index contributed by atoms with van der Waals surface area (Å²) in [5, 5.41) is 12.0.